The summed E-state index contributed by atoms with van der Waals surface area (Å²) in [6, 6.07) is 12.7. The van der Waals surface area contributed by atoms with Crippen molar-refractivity contribution in [2.75, 3.05) is 18.5 Å². The van der Waals surface area contributed by atoms with Crippen LogP contribution in [0.4, 0.5) is 11.4 Å². The first-order valence-electron chi connectivity index (χ1n) is 7.03. The number of rotatable bonds is 6. The zero-order chi connectivity index (χ0) is 16.2. The smallest absolute Gasteiger partial charge is 0.293 e. The normalized spacial score (nSPS) is 15.7. The Morgan fingerprint density at radius 1 is 1.30 bits per heavy atom. The minimum atomic E-state index is -0.547. The van der Waals surface area contributed by atoms with Crippen molar-refractivity contribution in [3.8, 4) is 5.75 Å². The third kappa shape index (κ3) is 3.83. The molecule has 7 nitrogen and oxygen atoms in total. The lowest BCUT2D eigenvalue weighted by Crippen LogP contribution is -2.13. The molecule has 1 atom stereocenters. The van der Waals surface area contributed by atoms with Gasteiger partial charge in [-0.1, -0.05) is 18.2 Å². The second-order valence-electron chi connectivity index (χ2n) is 5.02. The van der Waals surface area contributed by atoms with Gasteiger partial charge in [-0.15, -0.1) is 0 Å². The third-order valence-electron chi connectivity index (χ3n) is 3.29. The molecule has 0 aromatic heterocycles. The summed E-state index contributed by atoms with van der Waals surface area (Å²) in [5, 5.41) is 13.7. The van der Waals surface area contributed by atoms with E-state index in [-0.39, 0.29) is 17.5 Å². The lowest BCUT2D eigenvalue weighted by atomic mass is 10.2. The van der Waals surface area contributed by atoms with Gasteiger partial charge in [-0.25, -0.2) is 0 Å². The Balaban J connectivity index is 1.80. The molecule has 23 heavy (non-hydrogen) atoms. The van der Waals surface area contributed by atoms with E-state index >= 15 is 0 Å². The molecule has 1 unspecified atom stereocenters. The van der Waals surface area contributed by atoms with Gasteiger partial charge in [0.1, 0.15) is 24.1 Å². The zero-order valence-electron chi connectivity index (χ0n) is 12.1. The molecule has 1 saturated heterocycles. The lowest BCUT2D eigenvalue weighted by molar-refractivity contribution is -0.383. The predicted octanol–water partition coefficient (Wildman–Crippen LogP) is 2.62. The van der Waals surface area contributed by atoms with Crippen LogP contribution in [-0.4, -0.2) is 30.1 Å². The maximum Gasteiger partial charge on any atom is 0.293 e. The standard InChI is InChI=1S/C16H14N2O5/c19-16(11-4-2-1-3-5-11)17-14-8-12(22-9-13-10-23-13)6-7-15(14)18(20)21/h1-8,13H,9-10H2,(H,17,19). The predicted molar refractivity (Wildman–Crippen MR) is 82.7 cm³/mol. The monoisotopic (exact) mass is 314 g/mol. The van der Waals surface area contributed by atoms with Gasteiger partial charge in [0.2, 0.25) is 0 Å². The van der Waals surface area contributed by atoms with Crippen LogP contribution in [0, 0.1) is 10.1 Å². The summed E-state index contributed by atoms with van der Waals surface area (Å²) in [7, 11) is 0. The van der Waals surface area contributed by atoms with Gasteiger partial charge in [0.15, 0.2) is 0 Å². The number of hydrogen-bond acceptors (Lipinski definition) is 5. The second kappa shape index (κ2) is 6.45. The Bertz CT molecular complexity index is 729. The molecule has 0 radical (unpaired) electrons. The number of carbonyl (C=O) groups is 1. The van der Waals surface area contributed by atoms with Gasteiger partial charge in [0.25, 0.3) is 11.6 Å². The molecule has 1 amide bonds. The Hall–Kier alpha value is -2.93. The average Bonchev–Trinajstić information content (AvgIpc) is 3.38. The average molecular weight is 314 g/mol. The maximum absolute atomic E-state index is 12.2. The number of amides is 1. The first-order chi connectivity index (χ1) is 11.1. The van der Waals surface area contributed by atoms with Crippen molar-refractivity contribution in [1.82, 2.24) is 0 Å². The van der Waals surface area contributed by atoms with Gasteiger partial charge >= 0.3 is 0 Å². The summed E-state index contributed by atoms with van der Waals surface area (Å²) in [5.74, 6) is 0.0193. The highest BCUT2D eigenvalue weighted by Crippen LogP contribution is 2.30. The van der Waals surface area contributed by atoms with Crippen molar-refractivity contribution < 1.29 is 19.2 Å². The molecule has 7 heteroatoms. The minimum absolute atomic E-state index is 0.0764. The van der Waals surface area contributed by atoms with E-state index < -0.39 is 10.8 Å². The lowest BCUT2D eigenvalue weighted by Gasteiger charge is -2.09. The van der Waals surface area contributed by atoms with Crippen molar-refractivity contribution >= 4 is 17.3 Å². The molecule has 118 valence electrons. The highest BCUT2D eigenvalue weighted by molar-refractivity contribution is 6.05. The van der Waals surface area contributed by atoms with E-state index in [1.807, 2.05) is 0 Å². The van der Waals surface area contributed by atoms with E-state index in [0.29, 0.717) is 24.5 Å². The van der Waals surface area contributed by atoms with Crippen LogP contribution in [0.3, 0.4) is 0 Å². The summed E-state index contributed by atoms with van der Waals surface area (Å²) in [6.07, 6.45) is 0.0764. The van der Waals surface area contributed by atoms with Gasteiger partial charge in [-0.3, -0.25) is 14.9 Å². The molecule has 0 bridgehead atoms. The van der Waals surface area contributed by atoms with Crippen molar-refractivity contribution in [3.05, 3.63) is 64.2 Å². The van der Waals surface area contributed by atoms with Crippen LogP contribution in [0.1, 0.15) is 10.4 Å². The van der Waals surface area contributed by atoms with Crippen LogP contribution >= 0.6 is 0 Å². The fourth-order valence-corrected chi connectivity index (χ4v) is 2.00. The number of nitro groups is 1. The van der Waals surface area contributed by atoms with Gasteiger partial charge in [0.05, 0.1) is 11.5 Å². The van der Waals surface area contributed by atoms with Crippen molar-refractivity contribution in [2.24, 2.45) is 0 Å². The van der Waals surface area contributed by atoms with Crippen LogP contribution < -0.4 is 10.1 Å². The highest BCUT2D eigenvalue weighted by atomic mass is 16.6. The van der Waals surface area contributed by atoms with Gasteiger partial charge < -0.3 is 14.8 Å². The SMILES string of the molecule is O=C(Nc1cc(OCC2CO2)ccc1[N+](=O)[O-])c1ccccc1. The highest BCUT2D eigenvalue weighted by Gasteiger charge is 2.24. The molecule has 1 aliphatic rings. The Labute approximate surface area is 132 Å². The Morgan fingerprint density at radius 2 is 2.04 bits per heavy atom. The van der Waals surface area contributed by atoms with Crippen LogP contribution in [0.25, 0.3) is 0 Å². The largest absolute Gasteiger partial charge is 0.491 e. The molecule has 2 aromatic carbocycles. The molecular formula is C16H14N2O5. The molecule has 1 fully saturated rings. The molecule has 2 aromatic rings. The van der Waals surface area contributed by atoms with Crippen molar-refractivity contribution in [3.63, 3.8) is 0 Å². The van der Waals surface area contributed by atoms with E-state index in [9.17, 15) is 14.9 Å². The zero-order valence-corrected chi connectivity index (χ0v) is 12.1. The number of epoxide rings is 1. The number of carbonyl (C=O) groups excluding carboxylic acids is 1. The molecule has 0 aliphatic carbocycles. The first kappa shape index (κ1) is 15.0. The number of nitrogens with one attached hydrogen (secondary N) is 1. The number of hydrogen-bond donors (Lipinski definition) is 1. The summed E-state index contributed by atoms with van der Waals surface area (Å²) in [4.78, 5) is 22.8. The molecular weight excluding hydrogens is 300 g/mol. The molecule has 0 saturated carbocycles. The van der Waals surface area contributed by atoms with Crippen LogP contribution in [-0.2, 0) is 4.74 Å². The third-order valence-corrected chi connectivity index (χ3v) is 3.29. The summed E-state index contributed by atoms with van der Waals surface area (Å²) >= 11 is 0. The molecule has 1 N–H and O–H groups in total. The van der Waals surface area contributed by atoms with Crippen molar-refractivity contribution in [1.29, 1.82) is 0 Å². The topological polar surface area (TPSA) is 94.0 Å². The van der Waals surface area contributed by atoms with Gasteiger partial charge in [-0.05, 0) is 18.2 Å². The maximum atomic E-state index is 12.2. The Kier molecular flexibility index (Phi) is 4.20. The van der Waals surface area contributed by atoms with Crippen LogP contribution in [0.5, 0.6) is 5.75 Å². The van der Waals surface area contributed by atoms with Gasteiger partial charge in [0, 0.05) is 17.7 Å². The molecule has 1 aliphatic heterocycles. The molecule has 3 rings (SSSR count). The summed E-state index contributed by atoms with van der Waals surface area (Å²) in [6.45, 7) is 1.04. The second-order valence-corrected chi connectivity index (χ2v) is 5.02. The van der Waals surface area contributed by atoms with E-state index in [2.05, 4.69) is 5.32 Å². The van der Waals surface area contributed by atoms with E-state index in [4.69, 9.17) is 9.47 Å². The number of ether oxygens (including phenoxy) is 2. The fraction of sp³-hybridized carbons (Fsp3) is 0.188. The minimum Gasteiger partial charge on any atom is -0.491 e. The van der Waals surface area contributed by atoms with E-state index in [1.54, 1.807) is 30.3 Å². The first-order valence-corrected chi connectivity index (χ1v) is 7.03. The van der Waals surface area contributed by atoms with Crippen molar-refractivity contribution in [2.45, 2.75) is 6.10 Å². The summed E-state index contributed by atoms with van der Waals surface area (Å²) in [5.41, 5.74) is 0.321. The number of nitro benzene ring substituents is 1. The number of nitrogens with zero attached hydrogens (tertiary/aromatic N) is 1. The molecule has 0 spiro atoms. The van der Waals surface area contributed by atoms with E-state index in [0.717, 1.165) is 0 Å². The fourth-order valence-electron chi connectivity index (χ4n) is 2.00. The molecule has 1 heterocycles. The number of anilines is 1. The van der Waals surface area contributed by atoms with Crippen LogP contribution in [0.2, 0.25) is 0 Å². The van der Waals surface area contributed by atoms with Gasteiger partial charge in [-0.2, -0.15) is 0 Å². The summed E-state index contributed by atoms with van der Waals surface area (Å²) < 4.78 is 10.5. The van der Waals surface area contributed by atoms with Crippen LogP contribution in [0.15, 0.2) is 48.5 Å². The number of benzene rings is 2. The Morgan fingerprint density at radius 3 is 2.70 bits per heavy atom. The quantitative estimate of drug-likeness (QED) is 0.502. The van der Waals surface area contributed by atoms with E-state index in [1.165, 1.54) is 18.2 Å².